The van der Waals surface area contributed by atoms with Crippen LogP contribution in [0.1, 0.15) is 63.7 Å². The van der Waals surface area contributed by atoms with Crippen molar-refractivity contribution in [2.75, 3.05) is 18.4 Å². The molecule has 10 nitrogen and oxygen atoms in total. The van der Waals surface area contributed by atoms with Gasteiger partial charge in [0.25, 0.3) is 11.8 Å². The number of amides is 4. The molecule has 0 aliphatic carbocycles. The van der Waals surface area contributed by atoms with Gasteiger partial charge in [0.05, 0.1) is 23.4 Å². The summed E-state index contributed by atoms with van der Waals surface area (Å²) >= 11 is 0. The fraction of sp³-hybridized carbons (Fsp3) is 0.375. The number of carbonyl (C=O) groups is 4. The number of imide groups is 2. The summed E-state index contributed by atoms with van der Waals surface area (Å²) in [4.78, 5) is 51.0. The van der Waals surface area contributed by atoms with Crippen molar-refractivity contribution in [3.8, 4) is 12.3 Å². The fourth-order valence-corrected chi connectivity index (χ4v) is 4.87. The maximum Gasteiger partial charge on any atom is 0.264 e. The summed E-state index contributed by atoms with van der Waals surface area (Å²) in [6.07, 6.45) is 9.62. The molecule has 5 rings (SSSR count). The fourth-order valence-electron chi connectivity index (χ4n) is 4.87. The summed E-state index contributed by atoms with van der Waals surface area (Å²) < 4.78 is 1.90. The third kappa shape index (κ3) is 3.64. The first kappa shape index (κ1) is 21.9. The van der Waals surface area contributed by atoms with Gasteiger partial charge in [0.15, 0.2) is 0 Å². The Labute approximate surface area is 196 Å². The molecule has 1 aromatic carbocycles. The molecule has 1 aromatic heterocycles. The lowest BCUT2D eigenvalue weighted by Crippen LogP contribution is -2.54. The van der Waals surface area contributed by atoms with Gasteiger partial charge in [-0.05, 0) is 44.5 Å². The van der Waals surface area contributed by atoms with E-state index in [1.54, 1.807) is 24.4 Å². The molecule has 3 N–H and O–H groups in total. The molecule has 2 saturated heterocycles. The number of terminal acetylenes is 1. The van der Waals surface area contributed by atoms with E-state index in [1.165, 1.54) is 0 Å². The number of hydrogen-bond acceptors (Lipinski definition) is 7. The van der Waals surface area contributed by atoms with Gasteiger partial charge in [0, 0.05) is 24.2 Å². The first-order valence-corrected chi connectivity index (χ1v) is 11.3. The van der Waals surface area contributed by atoms with Crippen molar-refractivity contribution in [3.63, 3.8) is 0 Å². The molecule has 4 amide bonds. The van der Waals surface area contributed by atoms with Gasteiger partial charge in [-0.15, -0.1) is 6.42 Å². The molecular weight excluding hydrogens is 436 g/mol. The summed E-state index contributed by atoms with van der Waals surface area (Å²) in [5.41, 5.74) is 2.42. The molecule has 1 atom stereocenters. The third-order valence-electron chi connectivity index (χ3n) is 6.60. The number of aromatic nitrogens is 2. The minimum absolute atomic E-state index is 0.0742. The van der Waals surface area contributed by atoms with Crippen molar-refractivity contribution < 1.29 is 19.2 Å². The van der Waals surface area contributed by atoms with E-state index >= 15 is 0 Å². The first-order chi connectivity index (χ1) is 16.5. The number of nitrogens with one attached hydrogen (secondary N) is 3. The standard InChI is InChI=1S/C24H24N6O4/c1-2-18-14(13-27-30(18)15-8-10-25-11-9-15)12-26-17-5-3-4-16-21(17)24(34)29(23(16)33)19-6-7-20(31)28-22(19)32/h1,3-5,13,15,19,25-26H,6-12H2,(H,28,31,32). The summed E-state index contributed by atoms with van der Waals surface area (Å²) in [7, 11) is 0. The largest absolute Gasteiger partial charge is 0.380 e. The van der Waals surface area contributed by atoms with Crippen LogP contribution < -0.4 is 16.0 Å². The number of fused-ring (bicyclic) bond motifs is 1. The van der Waals surface area contributed by atoms with Gasteiger partial charge in [-0.2, -0.15) is 5.10 Å². The van der Waals surface area contributed by atoms with Gasteiger partial charge in [0.1, 0.15) is 11.7 Å². The van der Waals surface area contributed by atoms with Gasteiger partial charge in [0.2, 0.25) is 11.8 Å². The highest BCUT2D eigenvalue weighted by atomic mass is 16.2. The van der Waals surface area contributed by atoms with Crippen LogP contribution in [-0.4, -0.2) is 57.4 Å². The van der Waals surface area contributed by atoms with Crippen molar-refractivity contribution in [2.24, 2.45) is 0 Å². The number of hydrogen-bond donors (Lipinski definition) is 3. The van der Waals surface area contributed by atoms with E-state index in [2.05, 4.69) is 27.0 Å². The zero-order valence-electron chi connectivity index (χ0n) is 18.5. The lowest BCUT2D eigenvalue weighted by atomic mass is 10.0. The Morgan fingerprint density at radius 1 is 1.12 bits per heavy atom. The Hall–Kier alpha value is -3.97. The highest BCUT2D eigenvalue weighted by Gasteiger charge is 2.45. The normalized spacial score (nSPS) is 20.8. The van der Waals surface area contributed by atoms with Crippen LogP contribution in [0.15, 0.2) is 24.4 Å². The molecule has 34 heavy (non-hydrogen) atoms. The molecule has 0 bridgehead atoms. The zero-order chi connectivity index (χ0) is 23.8. The minimum atomic E-state index is -1.01. The van der Waals surface area contributed by atoms with Crippen LogP contribution in [0.3, 0.4) is 0 Å². The van der Waals surface area contributed by atoms with Gasteiger partial charge < -0.3 is 10.6 Å². The summed E-state index contributed by atoms with van der Waals surface area (Å²) in [6, 6.07) is 4.19. The molecule has 10 heteroatoms. The van der Waals surface area contributed by atoms with Gasteiger partial charge in [-0.25, -0.2) is 0 Å². The third-order valence-corrected chi connectivity index (χ3v) is 6.60. The maximum atomic E-state index is 13.2. The predicted molar refractivity (Wildman–Crippen MR) is 122 cm³/mol. The Morgan fingerprint density at radius 3 is 2.65 bits per heavy atom. The monoisotopic (exact) mass is 460 g/mol. The van der Waals surface area contributed by atoms with Crippen LogP contribution in [0, 0.1) is 12.3 Å². The summed E-state index contributed by atoms with van der Waals surface area (Å²) in [5, 5.41) is 13.3. The molecule has 3 aliphatic heterocycles. The van der Waals surface area contributed by atoms with Crippen LogP contribution in [0.25, 0.3) is 0 Å². The number of rotatable bonds is 5. The molecule has 1 unspecified atom stereocenters. The molecular formula is C24H24N6O4. The second kappa shape index (κ2) is 8.76. The predicted octanol–water partition coefficient (Wildman–Crippen LogP) is 0.802. The van der Waals surface area contributed by atoms with Crippen molar-refractivity contribution >= 4 is 29.3 Å². The Kier molecular flexibility index (Phi) is 5.63. The Balaban J connectivity index is 1.38. The summed E-state index contributed by atoms with van der Waals surface area (Å²) in [5.74, 6) is 0.605. The lowest BCUT2D eigenvalue weighted by molar-refractivity contribution is -0.136. The number of anilines is 1. The van der Waals surface area contributed by atoms with Crippen molar-refractivity contribution in [1.29, 1.82) is 0 Å². The van der Waals surface area contributed by atoms with Gasteiger partial charge in [-0.1, -0.05) is 12.0 Å². The second-order valence-electron chi connectivity index (χ2n) is 8.62. The number of benzene rings is 1. The van der Waals surface area contributed by atoms with Crippen LogP contribution in [0.4, 0.5) is 5.69 Å². The molecule has 2 aromatic rings. The number of piperidine rings is 2. The smallest absolute Gasteiger partial charge is 0.264 e. The topological polar surface area (TPSA) is 125 Å². The molecule has 2 fully saturated rings. The second-order valence-corrected chi connectivity index (χ2v) is 8.62. The van der Waals surface area contributed by atoms with E-state index < -0.39 is 29.7 Å². The van der Waals surface area contributed by atoms with Crippen molar-refractivity contribution in [2.45, 2.75) is 44.3 Å². The average Bonchev–Trinajstić information content (AvgIpc) is 3.37. The molecule has 174 valence electrons. The highest BCUT2D eigenvalue weighted by molar-refractivity contribution is 6.25. The van der Waals surface area contributed by atoms with E-state index in [4.69, 9.17) is 6.42 Å². The Bertz CT molecular complexity index is 1240. The van der Waals surface area contributed by atoms with E-state index in [0.29, 0.717) is 17.9 Å². The van der Waals surface area contributed by atoms with Crippen LogP contribution in [0.5, 0.6) is 0 Å². The van der Waals surface area contributed by atoms with Crippen LogP contribution in [-0.2, 0) is 16.1 Å². The van der Waals surface area contributed by atoms with Crippen molar-refractivity contribution in [1.82, 2.24) is 25.3 Å². The average molecular weight is 460 g/mol. The quantitative estimate of drug-likeness (QED) is 0.445. The van der Waals surface area contributed by atoms with E-state index in [1.807, 2.05) is 4.68 Å². The molecule has 4 heterocycles. The van der Waals surface area contributed by atoms with Crippen LogP contribution in [0.2, 0.25) is 0 Å². The first-order valence-electron chi connectivity index (χ1n) is 11.3. The van der Waals surface area contributed by atoms with Gasteiger partial charge in [-0.3, -0.25) is 34.1 Å². The molecule has 0 radical (unpaired) electrons. The lowest BCUT2D eigenvalue weighted by Gasteiger charge is -2.27. The maximum absolute atomic E-state index is 13.2. The SMILES string of the molecule is C#Cc1c(CNc2cccc3c2C(=O)N(C2CCC(=O)NC2=O)C3=O)cnn1C1CCNCC1. The molecule has 3 aliphatic rings. The number of carbonyl (C=O) groups excluding carboxylic acids is 4. The van der Waals surface area contributed by atoms with E-state index in [9.17, 15) is 19.2 Å². The van der Waals surface area contributed by atoms with E-state index in [0.717, 1.165) is 36.4 Å². The highest BCUT2D eigenvalue weighted by Crippen LogP contribution is 2.33. The summed E-state index contributed by atoms with van der Waals surface area (Å²) in [6.45, 7) is 2.15. The van der Waals surface area contributed by atoms with Crippen molar-refractivity contribution in [3.05, 3.63) is 46.8 Å². The minimum Gasteiger partial charge on any atom is -0.380 e. The molecule has 0 saturated carbocycles. The van der Waals surface area contributed by atoms with Gasteiger partial charge >= 0.3 is 0 Å². The Morgan fingerprint density at radius 2 is 1.91 bits per heavy atom. The van der Waals surface area contributed by atoms with Crippen LogP contribution >= 0.6 is 0 Å². The number of nitrogens with zero attached hydrogens (tertiary/aromatic N) is 3. The molecule has 0 spiro atoms. The zero-order valence-corrected chi connectivity index (χ0v) is 18.5. The van der Waals surface area contributed by atoms with E-state index in [-0.39, 0.29) is 30.0 Å².